The molecule has 4 heteroatoms. The van der Waals surface area contributed by atoms with E-state index in [9.17, 15) is 9.59 Å². The van der Waals surface area contributed by atoms with Gasteiger partial charge < -0.3 is 10.4 Å². The largest absolute Gasteiger partial charge is 0.480 e. The summed E-state index contributed by atoms with van der Waals surface area (Å²) in [5.74, 6) is -0.101. The number of aliphatic carboxylic acids is 1. The summed E-state index contributed by atoms with van der Waals surface area (Å²) in [6.07, 6.45) is 6.00. The molecule has 0 unspecified atom stereocenters. The third-order valence-electron chi connectivity index (χ3n) is 4.20. The fourth-order valence-electron chi connectivity index (χ4n) is 2.40. The van der Waals surface area contributed by atoms with Crippen LogP contribution < -0.4 is 5.32 Å². The predicted molar refractivity (Wildman–Crippen MR) is 70.2 cm³/mol. The monoisotopic (exact) mass is 255 g/mol. The maximum Gasteiger partial charge on any atom is 0.318 e. The average molecular weight is 255 g/mol. The van der Waals surface area contributed by atoms with E-state index in [0.717, 1.165) is 18.8 Å². The Balaban J connectivity index is 2.34. The van der Waals surface area contributed by atoms with Crippen LogP contribution in [-0.4, -0.2) is 23.5 Å². The molecule has 18 heavy (non-hydrogen) atoms. The first kappa shape index (κ1) is 15.0. The number of amides is 1. The lowest BCUT2D eigenvalue weighted by molar-refractivity contribution is -0.153. The number of rotatable bonds is 5. The van der Waals surface area contributed by atoms with Crippen molar-refractivity contribution in [2.75, 3.05) is 6.54 Å². The van der Waals surface area contributed by atoms with Crippen LogP contribution in [0.2, 0.25) is 0 Å². The van der Waals surface area contributed by atoms with Crippen molar-refractivity contribution in [2.45, 2.75) is 52.9 Å². The molecule has 0 heterocycles. The van der Waals surface area contributed by atoms with E-state index in [0.29, 0.717) is 12.5 Å². The minimum Gasteiger partial charge on any atom is -0.480 e. The number of hydrogen-bond acceptors (Lipinski definition) is 2. The molecule has 0 saturated heterocycles. The minimum atomic E-state index is -1.33. The Labute approximate surface area is 109 Å². The fraction of sp³-hybridized carbons (Fsp3) is 0.857. The van der Waals surface area contributed by atoms with Gasteiger partial charge in [-0.2, -0.15) is 0 Å². The van der Waals surface area contributed by atoms with Crippen molar-refractivity contribution in [3.05, 3.63) is 0 Å². The number of hydrogen-bond donors (Lipinski definition) is 2. The summed E-state index contributed by atoms with van der Waals surface area (Å²) in [7, 11) is 0. The van der Waals surface area contributed by atoms with Gasteiger partial charge >= 0.3 is 5.97 Å². The lowest BCUT2D eigenvalue weighted by Gasteiger charge is -2.28. The fourth-order valence-corrected chi connectivity index (χ4v) is 2.40. The van der Waals surface area contributed by atoms with Crippen molar-refractivity contribution in [1.82, 2.24) is 5.32 Å². The zero-order chi connectivity index (χ0) is 13.8. The first-order valence-electron chi connectivity index (χ1n) is 6.89. The van der Waals surface area contributed by atoms with E-state index in [-0.39, 0.29) is 5.91 Å². The number of carboxylic acids is 1. The zero-order valence-electron chi connectivity index (χ0n) is 11.7. The lowest BCUT2D eigenvalue weighted by Crippen LogP contribution is -2.44. The second-order valence-corrected chi connectivity index (χ2v) is 5.94. The Bertz CT molecular complexity index is 304. The van der Waals surface area contributed by atoms with Gasteiger partial charge in [0, 0.05) is 6.54 Å². The maximum atomic E-state index is 11.8. The molecule has 0 aromatic carbocycles. The molecule has 0 atom stereocenters. The number of carboxylic acid groups (broad SMARTS) is 1. The van der Waals surface area contributed by atoms with E-state index < -0.39 is 11.4 Å². The molecule has 0 aliphatic heterocycles. The first-order chi connectivity index (χ1) is 8.37. The van der Waals surface area contributed by atoms with E-state index in [2.05, 4.69) is 12.2 Å². The number of carbonyl (C=O) groups is 2. The minimum absolute atomic E-state index is 0.382. The highest BCUT2D eigenvalue weighted by atomic mass is 16.4. The Morgan fingerprint density at radius 1 is 1.17 bits per heavy atom. The summed E-state index contributed by atoms with van der Waals surface area (Å²) < 4.78 is 0. The SMILES string of the molecule is CCC1CCC(CNC(=O)C(C)(C)C(=O)O)CC1. The van der Waals surface area contributed by atoms with Gasteiger partial charge in [-0.25, -0.2) is 0 Å². The van der Waals surface area contributed by atoms with Gasteiger partial charge in [-0.05, 0) is 38.5 Å². The summed E-state index contributed by atoms with van der Waals surface area (Å²) in [6, 6.07) is 0. The Kier molecular flexibility index (Phi) is 5.17. The van der Waals surface area contributed by atoms with Crippen molar-refractivity contribution in [1.29, 1.82) is 0 Å². The highest BCUT2D eigenvalue weighted by molar-refractivity contribution is 6.00. The molecule has 1 amide bonds. The highest BCUT2D eigenvalue weighted by Crippen LogP contribution is 2.30. The lowest BCUT2D eigenvalue weighted by atomic mass is 9.80. The van der Waals surface area contributed by atoms with Crippen LogP contribution in [0.4, 0.5) is 0 Å². The molecule has 1 aliphatic rings. The van der Waals surface area contributed by atoms with Gasteiger partial charge in [-0.1, -0.05) is 26.2 Å². The molecule has 0 aromatic rings. The van der Waals surface area contributed by atoms with Crippen LogP contribution in [0.1, 0.15) is 52.9 Å². The topological polar surface area (TPSA) is 66.4 Å². The molecule has 2 N–H and O–H groups in total. The Morgan fingerprint density at radius 2 is 1.67 bits per heavy atom. The molecular formula is C14H25NO3. The quantitative estimate of drug-likeness (QED) is 0.741. The Morgan fingerprint density at radius 3 is 2.11 bits per heavy atom. The average Bonchev–Trinajstić information content (AvgIpc) is 2.36. The van der Waals surface area contributed by atoms with Crippen LogP contribution in [0.25, 0.3) is 0 Å². The van der Waals surface area contributed by atoms with Gasteiger partial charge in [0.1, 0.15) is 5.41 Å². The van der Waals surface area contributed by atoms with E-state index >= 15 is 0 Å². The second kappa shape index (κ2) is 6.21. The Hall–Kier alpha value is -1.06. The standard InChI is InChI=1S/C14H25NO3/c1-4-10-5-7-11(8-6-10)9-15-12(16)14(2,3)13(17)18/h10-11H,4-9H2,1-3H3,(H,15,16)(H,17,18). The van der Waals surface area contributed by atoms with Crippen LogP contribution in [0.15, 0.2) is 0 Å². The van der Waals surface area contributed by atoms with Gasteiger partial charge in [-0.15, -0.1) is 0 Å². The molecule has 1 aliphatic carbocycles. The molecule has 4 nitrogen and oxygen atoms in total. The van der Waals surface area contributed by atoms with Crippen molar-refractivity contribution < 1.29 is 14.7 Å². The van der Waals surface area contributed by atoms with Crippen molar-refractivity contribution in [3.63, 3.8) is 0 Å². The summed E-state index contributed by atoms with van der Waals surface area (Å²) in [5, 5.41) is 11.7. The molecule has 1 saturated carbocycles. The van der Waals surface area contributed by atoms with Gasteiger partial charge in [-0.3, -0.25) is 9.59 Å². The molecule has 1 rings (SSSR count). The predicted octanol–water partition coefficient (Wildman–Crippen LogP) is 2.43. The van der Waals surface area contributed by atoms with Gasteiger partial charge in [0.05, 0.1) is 0 Å². The summed E-state index contributed by atoms with van der Waals surface area (Å²) in [5.41, 5.74) is -1.33. The van der Waals surface area contributed by atoms with Gasteiger partial charge in [0.2, 0.25) is 5.91 Å². The third-order valence-corrected chi connectivity index (χ3v) is 4.20. The van der Waals surface area contributed by atoms with Gasteiger partial charge in [0.25, 0.3) is 0 Å². The van der Waals surface area contributed by atoms with E-state index in [4.69, 9.17) is 5.11 Å². The first-order valence-corrected chi connectivity index (χ1v) is 6.89. The number of nitrogens with one attached hydrogen (secondary N) is 1. The van der Waals surface area contributed by atoms with Crippen LogP contribution in [0.3, 0.4) is 0 Å². The molecule has 0 aromatic heterocycles. The summed E-state index contributed by atoms with van der Waals surface area (Å²) in [6.45, 7) is 5.73. The maximum absolute atomic E-state index is 11.8. The number of carbonyl (C=O) groups excluding carboxylic acids is 1. The van der Waals surface area contributed by atoms with Gasteiger partial charge in [0.15, 0.2) is 0 Å². The van der Waals surface area contributed by atoms with E-state index in [1.807, 2.05) is 0 Å². The zero-order valence-corrected chi connectivity index (χ0v) is 11.7. The summed E-state index contributed by atoms with van der Waals surface area (Å²) in [4.78, 5) is 22.7. The van der Waals surface area contributed by atoms with E-state index in [1.54, 1.807) is 0 Å². The molecule has 104 valence electrons. The molecule has 0 bridgehead atoms. The third kappa shape index (κ3) is 3.72. The highest BCUT2D eigenvalue weighted by Gasteiger charge is 2.36. The summed E-state index contributed by atoms with van der Waals surface area (Å²) >= 11 is 0. The second-order valence-electron chi connectivity index (χ2n) is 5.94. The van der Waals surface area contributed by atoms with Crippen LogP contribution in [0, 0.1) is 17.3 Å². The van der Waals surface area contributed by atoms with E-state index in [1.165, 1.54) is 33.1 Å². The smallest absolute Gasteiger partial charge is 0.318 e. The molecular weight excluding hydrogens is 230 g/mol. The van der Waals surface area contributed by atoms with Crippen molar-refractivity contribution in [3.8, 4) is 0 Å². The van der Waals surface area contributed by atoms with Crippen LogP contribution in [0.5, 0.6) is 0 Å². The van der Waals surface area contributed by atoms with Crippen molar-refractivity contribution in [2.24, 2.45) is 17.3 Å². The molecule has 0 spiro atoms. The van der Waals surface area contributed by atoms with Crippen LogP contribution in [-0.2, 0) is 9.59 Å². The van der Waals surface area contributed by atoms with Crippen molar-refractivity contribution >= 4 is 11.9 Å². The van der Waals surface area contributed by atoms with Crippen LogP contribution >= 0.6 is 0 Å². The normalized spacial score (nSPS) is 24.6. The molecule has 0 radical (unpaired) electrons. The molecule has 1 fully saturated rings.